The maximum Gasteiger partial charge on any atom is 0.277 e. The molecule has 0 radical (unpaired) electrons. The highest BCUT2D eigenvalue weighted by Crippen LogP contribution is 2.25. The summed E-state index contributed by atoms with van der Waals surface area (Å²) in [5, 5.41) is 17.6. The van der Waals surface area contributed by atoms with Crippen LogP contribution in [-0.2, 0) is 0 Å². The molecule has 0 aliphatic heterocycles. The van der Waals surface area contributed by atoms with E-state index in [0.717, 1.165) is 16.7 Å². The minimum atomic E-state index is -0.0637. The lowest BCUT2D eigenvalue weighted by Gasteiger charge is -2.00. The summed E-state index contributed by atoms with van der Waals surface area (Å²) in [5.41, 5.74) is 3.66. The molecular formula is C18H16N2O3S. The third kappa shape index (κ3) is 3.83. The number of benzene rings is 2. The average molecular weight is 340 g/mol. The van der Waals surface area contributed by atoms with Crippen LogP contribution in [0.15, 0.2) is 52.1 Å². The first-order chi connectivity index (χ1) is 11.5. The Hall–Kier alpha value is -2.60. The third-order valence-corrected chi connectivity index (χ3v) is 4.21. The lowest BCUT2D eigenvalue weighted by molar-refractivity contribution is 0.102. The number of hydrogen-bond donors (Lipinski definition) is 1. The second kappa shape index (κ2) is 6.88. The van der Waals surface area contributed by atoms with Gasteiger partial charge >= 0.3 is 0 Å². The van der Waals surface area contributed by atoms with Crippen LogP contribution in [0.1, 0.15) is 21.5 Å². The van der Waals surface area contributed by atoms with Crippen molar-refractivity contribution in [1.29, 1.82) is 0 Å². The van der Waals surface area contributed by atoms with Crippen LogP contribution in [0.5, 0.6) is 5.75 Å². The molecular weight excluding hydrogens is 324 g/mol. The molecule has 0 saturated heterocycles. The number of phenolic OH excluding ortho intramolecular Hbond substituents is 1. The SMILES string of the molecule is Cc1cc(C)cc(-c2nnc(SCC(=O)c3ccc(O)cc3)o2)c1. The minimum absolute atomic E-state index is 0.0637. The van der Waals surface area contributed by atoms with Crippen LogP contribution >= 0.6 is 11.8 Å². The first-order valence-corrected chi connectivity index (χ1v) is 8.37. The number of rotatable bonds is 5. The van der Waals surface area contributed by atoms with Gasteiger partial charge in [-0.2, -0.15) is 0 Å². The van der Waals surface area contributed by atoms with Crippen molar-refractivity contribution in [3.63, 3.8) is 0 Å². The fraction of sp³-hybridized carbons (Fsp3) is 0.167. The van der Waals surface area contributed by atoms with Gasteiger partial charge in [-0.15, -0.1) is 10.2 Å². The molecule has 0 fully saturated rings. The molecule has 0 bridgehead atoms. The number of Topliss-reactive ketones (excluding diaryl/α,β-unsaturated/α-hetero) is 1. The maximum atomic E-state index is 12.1. The Morgan fingerprint density at radius 1 is 1.08 bits per heavy atom. The van der Waals surface area contributed by atoms with Gasteiger partial charge in [0.25, 0.3) is 5.22 Å². The molecule has 6 heteroatoms. The number of aromatic nitrogens is 2. The summed E-state index contributed by atoms with van der Waals surface area (Å²) >= 11 is 1.20. The van der Waals surface area contributed by atoms with Crippen LogP contribution in [0.4, 0.5) is 0 Å². The van der Waals surface area contributed by atoms with E-state index < -0.39 is 0 Å². The average Bonchev–Trinajstić information content (AvgIpc) is 3.01. The monoisotopic (exact) mass is 340 g/mol. The number of carbonyl (C=O) groups excluding carboxylic acids is 1. The lowest BCUT2D eigenvalue weighted by Crippen LogP contribution is -2.01. The van der Waals surface area contributed by atoms with E-state index in [1.54, 1.807) is 12.1 Å². The van der Waals surface area contributed by atoms with E-state index >= 15 is 0 Å². The molecule has 0 unspecified atom stereocenters. The summed E-state index contributed by atoms with van der Waals surface area (Å²) in [4.78, 5) is 12.1. The predicted octanol–water partition coefficient (Wildman–Crippen LogP) is 4.03. The molecule has 0 saturated carbocycles. The molecule has 24 heavy (non-hydrogen) atoms. The van der Waals surface area contributed by atoms with Crippen molar-refractivity contribution in [2.24, 2.45) is 0 Å². The second-order valence-electron chi connectivity index (χ2n) is 5.51. The van der Waals surface area contributed by atoms with E-state index in [4.69, 9.17) is 4.42 Å². The van der Waals surface area contributed by atoms with Gasteiger partial charge in [0.05, 0.1) is 5.75 Å². The summed E-state index contributed by atoms with van der Waals surface area (Å²) < 4.78 is 5.63. The Bertz CT molecular complexity index is 852. The normalized spacial score (nSPS) is 10.8. The summed E-state index contributed by atoms with van der Waals surface area (Å²) in [6.07, 6.45) is 0. The van der Waals surface area contributed by atoms with E-state index in [1.807, 2.05) is 26.0 Å². The van der Waals surface area contributed by atoms with Crippen molar-refractivity contribution >= 4 is 17.5 Å². The van der Waals surface area contributed by atoms with E-state index in [0.29, 0.717) is 16.7 Å². The van der Waals surface area contributed by atoms with E-state index in [2.05, 4.69) is 16.3 Å². The highest BCUT2D eigenvalue weighted by molar-refractivity contribution is 7.99. The molecule has 2 aromatic carbocycles. The number of hydrogen-bond acceptors (Lipinski definition) is 6. The predicted molar refractivity (Wildman–Crippen MR) is 92.4 cm³/mol. The van der Waals surface area contributed by atoms with Crippen LogP contribution in [0.2, 0.25) is 0 Å². The van der Waals surface area contributed by atoms with Crippen molar-refractivity contribution in [2.45, 2.75) is 19.1 Å². The molecule has 0 aliphatic carbocycles. The fourth-order valence-electron chi connectivity index (χ4n) is 2.34. The highest BCUT2D eigenvalue weighted by Gasteiger charge is 2.13. The van der Waals surface area contributed by atoms with Gasteiger partial charge in [-0.1, -0.05) is 29.0 Å². The molecule has 122 valence electrons. The van der Waals surface area contributed by atoms with E-state index in [-0.39, 0.29) is 17.3 Å². The summed E-state index contributed by atoms with van der Waals surface area (Å²) in [5.74, 6) is 0.709. The van der Waals surface area contributed by atoms with Crippen LogP contribution in [-0.4, -0.2) is 26.8 Å². The quantitative estimate of drug-likeness (QED) is 0.558. The Labute approximate surface area is 143 Å². The molecule has 1 N–H and O–H groups in total. The summed E-state index contributed by atoms with van der Waals surface area (Å²) in [6, 6.07) is 12.2. The number of carbonyl (C=O) groups is 1. The molecule has 5 nitrogen and oxygen atoms in total. The lowest BCUT2D eigenvalue weighted by atomic mass is 10.1. The summed E-state index contributed by atoms with van der Waals surface area (Å²) in [6.45, 7) is 4.03. The van der Waals surface area contributed by atoms with Gasteiger partial charge < -0.3 is 9.52 Å². The van der Waals surface area contributed by atoms with Gasteiger partial charge in [0, 0.05) is 11.1 Å². The number of aryl methyl sites for hydroxylation is 2. The van der Waals surface area contributed by atoms with Gasteiger partial charge in [0.1, 0.15) is 5.75 Å². The molecule has 1 aromatic heterocycles. The number of ketones is 1. The molecule has 3 rings (SSSR count). The number of nitrogens with zero attached hydrogens (tertiary/aromatic N) is 2. The minimum Gasteiger partial charge on any atom is -0.508 e. The van der Waals surface area contributed by atoms with Crippen molar-refractivity contribution in [2.75, 3.05) is 5.75 Å². The van der Waals surface area contributed by atoms with Gasteiger partial charge in [-0.05, 0) is 50.2 Å². The number of thioether (sulfide) groups is 1. The first kappa shape index (κ1) is 16.3. The van der Waals surface area contributed by atoms with Gasteiger partial charge in [-0.3, -0.25) is 4.79 Å². The number of aromatic hydroxyl groups is 1. The smallest absolute Gasteiger partial charge is 0.277 e. The van der Waals surface area contributed by atoms with Crippen molar-refractivity contribution < 1.29 is 14.3 Å². The Kier molecular flexibility index (Phi) is 4.66. The van der Waals surface area contributed by atoms with E-state index in [9.17, 15) is 9.90 Å². The zero-order valence-corrected chi connectivity index (χ0v) is 14.1. The Morgan fingerprint density at radius 3 is 2.42 bits per heavy atom. The van der Waals surface area contributed by atoms with Crippen molar-refractivity contribution in [3.8, 4) is 17.2 Å². The molecule has 0 spiro atoms. The molecule has 3 aromatic rings. The van der Waals surface area contributed by atoms with Gasteiger partial charge in [-0.25, -0.2) is 0 Å². The standard InChI is InChI=1S/C18H16N2O3S/c1-11-7-12(2)9-14(8-11)17-19-20-18(23-17)24-10-16(22)13-3-5-15(21)6-4-13/h3-9,21H,10H2,1-2H3. The van der Waals surface area contributed by atoms with Crippen LogP contribution in [0.25, 0.3) is 11.5 Å². The molecule has 0 atom stereocenters. The fourth-order valence-corrected chi connectivity index (χ4v) is 3.00. The van der Waals surface area contributed by atoms with Crippen LogP contribution < -0.4 is 0 Å². The molecule has 0 amide bonds. The molecule has 0 aliphatic rings. The topological polar surface area (TPSA) is 76.2 Å². The van der Waals surface area contributed by atoms with Gasteiger partial charge in [0.15, 0.2) is 5.78 Å². The second-order valence-corrected chi connectivity index (χ2v) is 6.43. The van der Waals surface area contributed by atoms with E-state index in [1.165, 1.54) is 23.9 Å². The van der Waals surface area contributed by atoms with Crippen molar-refractivity contribution in [3.05, 3.63) is 59.2 Å². The zero-order valence-electron chi connectivity index (χ0n) is 13.3. The maximum absolute atomic E-state index is 12.1. The largest absolute Gasteiger partial charge is 0.508 e. The Balaban J connectivity index is 1.68. The van der Waals surface area contributed by atoms with Crippen molar-refractivity contribution in [1.82, 2.24) is 10.2 Å². The Morgan fingerprint density at radius 2 is 1.75 bits per heavy atom. The van der Waals surface area contributed by atoms with Crippen LogP contribution in [0, 0.1) is 13.8 Å². The summed E-state index contributed by atoms with van der Waals surface area (Å²) in [7, 11) is 0. The molecule has 1 heterocycles. The number of phenols is 1. The zero-order chi connectivity index (χ0) is 17.1. The highest BCUT2D eigenvalue weighted by atomic mass is 32.2. The first-order valence-electron chi connectivity index (χ1n) is 7.38. The van der Waals surface area contributed by atoms with Gasteiger partial charge in [0.2, 0.25) is 5.89 Å². The van der Waals surface area contributed by atoms with Crippen LogP contribution in [0.3, 0.4) is 0 Å². The third-order valence-electron chi connectivity index (χ3n) is 3.39.